The molecule has 21 heavy (non-hydrogen) atoms. The molecule has 1 saturated heterocycles. The molecule has 0 aliphatic carbocycles. The lowest BCUT2D eigenvalue weighted by Crippen LogP contribution is -2.35. The highest BCUT2D eigenvalue weighted by Crippen LogP contribution is 2.43. The van der Waals surface area contributed by atoms with Crippen molar-refractivity contribution in [2.75, 3.05) is 20.2 Å². The van der Waals surface area contributed by atoms with Crippen LogP contribution in [0.25, 0.3) is 16.5 Å². The Morgan fingerprint density at radius 3 is 2.67 bits per heavy atom. The fraction of sp³-hybridized carbons (Fsp3) is 0.412. The molecule has 2 bridgehead atoms. The largest absolute Gasteiger partial charge is 0.495 e. The zero-order chi connectivity index (χ0) is 14.6. The Bertz CT molecular complexity index is 739. The SMILES string of the molecule is COc1cc2c(C3=CN4CCC3CC4)c(C)[nH]c2cc1Cl. The summed E-state index contributed by atoms with van der Waals surface area (Å²) >= 11 is 6.25. The van der Waals surface area contributed by atoms with E-state index in [2.05, 4.69) is 29.1 Å². The van der Waals surface area contributed by atoms with Crippen molar-refractivity contribution in [2.24, 2.45) is 5.92 Å². The van der Waals surface area contributed by atoms with Crippen LogP contribution in [0.15, 0.2) is 18.3 Å². The fourth-order valence-corrected chi connectivity index (χ4v) is 4.01. The number of methoxy groups -OCH3 is 1. The molecule has 3 aliphatic heterocycles. The first-order valence-electron chi connectivity index (χ1n) is 7.49. The summed E-state index contributed by atoms with van der Waals surface area (Å²) in [6, 6.07) is 4.03. The summed E-state index contributed by atoms with van der Waals surface area (Å²) in [4.78, 5) is 5.92. The summed E-state index contributed by atoms with van der Waals surface area (Å²) in [6.07, 6.45) is 4.89. The van der Waals surface area contributed by atoms with Gasteiger partial charge in [0.15, 0.2) is 0 Å². The zero-order valence-electron chi connectivity index (χ0n) is 12.4. The first kappa shape index (κ1) is 13.1. The van der Waals surface area contributed by atoms with E-state index in [-0.39, 0.29) is 0 Å². The number of hydrogen-bond acceptors (Lipinski definition) is 2. The van der Waals surface area contributed by atoms with E-state index in [1.165, 1.54) is 48.1 Å². The van der Waals surface area contributed by atoms with Crippen molar-refractivity contribution in [3.63, 3.8) is 0 Å². The molecule has 0 amide bonds. The van der Waals surface area contributed by atoms with Crippen molar-refractivity contribution < 1.29 is 4.74 Å². The second-order valence-electron chi connectivity index (χ2n) is 6.05. The van der Waals surface area contributed by atoms with E-state index >= 15 is 0 Å². The minimum atomic E-state index is 0.653. The van der Waals surface area contributed by atoms with E-state index in [1.54, 1.807) is 7.11 Å². The van der Waals surface area contributed by atoms with E-state index in [4.69, 9.17) is 16.3 Å². The molecule has 4 heteroatoms. The number of ether oxygens (including phenoxy) is 1. The summed E-state index contributed by atoms with van der Waals surface area (Å²) in [5, 5.41) is 1.87. The highest BCUT2D eigenvalue weighted by Gasteiger charge is 2.30. The Morgan fingerprint density at radius 2 is 2.05 bits per heavy atom. The number of hydrogen-bond donors (Lipinski definition) is 1. The van der Waals surface area contributed by atoms with Crippen LogP contribution >= 0.6 is 11.6 Å². The van der Waals surface area contributed by atoms with Crippen LogP contribution in [0.3, 0.4) is 0 Å². The molecule has 3 aliphatic rings. The van der Waals surface area contributed by atoms with Gasteiger partial charge in [-0.05, 0) is 43.4 Å². The molecule has 1 aromatic carbocycles. The average Bonchev–Trinajstić information content (AvgIpc) is 2.82. The fourth-order valence-electron chi connectivity index (χ4n) is 3.77. The van der Waals surface area contributed by atoms with Crippen LogP contribution in [0.1, 0.15) is 24.1 Å². The molecule has 5 rings (SSSR count). The Kier molecular flexibility index (Phi) is 2.93. The maximum Gasteiger partial charge on any atom is 0.138 e. The number of nitrogens with one attached hydrogen (secondary N) is 1. The van der Waals surface area contributed by atoms with Gasteiger partial charge in [0.1, 0.15) is 5.75 Å². The molecule has 1 fully saturated rings. The van der Waals surface area contributed by atoms with Gasteiger partial charge in [0.05, 0.1) is 12.1 Å². The van der Waals surface area contributed by atoms with Crippen molar-refractivity contribution in [1.82, 2.24) is 9.88 Å². The number of nitrogens with zero attached hydrogens (tertiary/aromatic N) is 1. The van der Waals surface area contributed by atoms with Crippen molar-refractivity contribution >= 4 is 28.1 Å². The standard InChI is InChI=1S/C17H19ClN2O/c1-10-17(13-9-20-5-3-11(13)4-6-20)12-7-16(21-2)14(18)8-15(12)19-10/h7-9,11,19H,3-6H2,1-2H3. The summed E-state index contributed by atoms with van der Waals surface area (Å²) < 4.78 is 5.39. The summed E-state index contributed by atoms with van der Waals surface area (Å²) in [6.45, 7) is 4.55. The van der Waals surface area contributed by atoms with E-state index in [0.29, 0.717) is 10.9 Å². The minimum absolute atomic E-state index is 0.653. The van der Waals surface area contributed by atoms with E-state index in [0.717, 1.165) is 11.3 Å². The van der Waals surface area contributed by atoms with Crippen LogP contribution in [-0.2, 0) is 0 Å². The molecule has 4 heterocycles. The van der Waals surface area contributed by atoms with Gasteiger partial charge in [-0.2, -0.15) is 0 Å². The summed E-state index contributed by atoms with van der Waals surface area (Å²) in [5.41, 5.74) is 5.12. The quantitative estimate of drug-likeness (QED) is 0.900. The third-order valence-electron chi connectivity index (χ3n) is 4.84. The third kappa shape index (κ3) is 1.95. The van der Waals surface area contributed by atoms with Gasteiger partial charge in [0, 0.05) is 41.4 Å². The molecule has 1 N–H and O–H groups in total. The number of halogens is 1. The number of aromatic nitrogens is 1. The molecule has 0 atom stereocenters. The molecule has 3 nitrogen and oxygen atoms in total. The molecule has 0 saturated carbocycles. The van der Waals surface area contributed by atoms with Crippen molar-refractivity contribution in [3.8, 4) is 5.75 Å². The molecule has 0 spiro atoms. The van der Waals surface area contributed by atoms with Gasteiger partial charge >= 0.3 is 0 Å². The number of fused-ring (bicyclic) bond motifs is 3. The molecule has 0 unspecified atom stereocenters. The maximum atomic E-state index is 6.25. The van der Waals surface area contributed by atoms with Gasteiger partial charge < -0.3 is 14.6 Å². The average molecular weight is 303 g/mol. The monoisotopic (exact) mass is 302 g/mol. The number of rotatable bonds is 2. The number of benzene rings is 1. The van der Waals surface area contributed by atoms with Crippen molar-refractivity contribution in [3.05, 3.63) is 34.6 Å². The predicted octanol–water partition coefficient (Wildman–Crippen LogP) is 4.20. The predicted molar refractivity (Wildman–Crippen MR) is 86.9 cm³/mol. The van der Waals surface area contributed by atoms with E-state index in [1.807, 2.05) is 6.07 Å². The van der Waals surface area contributed by atoms with Gasteiger partial charge in [-0.1, -0.05) is 11.6 Å². The maximum absolute atomic E-state index is 6.25. The summed E-state index contributed by atoms with van der Waals surface area (Å²) in [7, 11) is 1.67. The molecular weight excluding hydrogens is 284 g/mol. The zero-order valence-corrected chi connectivity index (χ0v) is 13.1. The highest BCUT2D eigenvalue weighted by molar-refractivity contribution is 6.33. The number of aryl methyl sites for hydroxylation is 1. The van der Waals surface area contributed by atoms with E-state index < -0.39 is 0 Å². The van der Waals surface area contributed by atoms with Gasteiger partial charge in [0.25, 0.3) is 0 Å². The first-order chi connectivity index (χ1) is 10.2. The van der Waals surface area contributed by atoms with Crippen molar-refractivity contribution in [1.29, 1.82) is 0 Å². The van der Waals surface area contributed by atoms with E-state index in [9.17, 15) is 0 Å². The molecule has 0 radical (unpaired) electrons. The second kappa shape index (κ2) is 4.70. The van der Waals surface area contributed by atoms with Gasteiger partial charge in [-0.15, -0.1) is 0 Å². The van der Waals surface area contributed by atoms with Crippen LogP contribution < -0.4 is 4.74 Å². The lowest BCUT2D eigenvalue weighted by Gasteiger charge is -2.39. The normalized spacial score (nSPS) is 18.4. The van der Waals surface area contributed by atoms with Crippen LogP contribution in [0.2, 0.25) is 5.02 Å². The number of aromatic amines is 1. The number of piperidine rings is 1. The lowest BCUT2D eigenvalue weighted by atomic mass is 9.81. The molecule has 2 aromatic rings. The Hall–Kier alpha value is -1.61. The summed E-state index contributed by atoms with van der Waals surface area (Å²) in [5.74, 6) is 1.43. The smallest absolute Gasteiger partial charge is 0.138 e. The highest BCUT2D eigenvalue weighted by atomic mass is 35.5. The molecule has 110 valence electrons. The Balaban J connectivity index is 1.94. The van der Waals surface area contributed by atoms with Gasteiger partial charge in [0.2, 0.25) is 0 Å². The third-order valence-corrected chi connectivity index (χ3v) is 5.13. The Labute approximate surface area is 129 Å². The van der Waals surface area contributed by atoms with Crippen LogP contribution in [0.4, 0.5) is 0 Å². The van der Waals surface area contributed by atoms with Gasteiger partial charge in [-0.3, -0.25) is 0 Å². The van der Waals surface area contributed by atoms with Gasteiger partial charge in [-0.25, -0.2) is 0 Å². The number of H-pyrrole nitrogens is 1. The lowest BCUT2D eigenvalue weighted by molar-refractivity contribution is 0.252. The van der Waals surface area contributed by atoms with Crippen LogP contribution in [0.5, 0.6) is 5.75 Å². The van der Waals surface area contributed by atoms with Crippen LogP contribution in [-0.4, -0.2) is 30.1 Å². The molecule has 1 aromatic heterocycles. The first-order valence-corrected chi connectivity index (χ1v) is 7.87. The Morgan fingerprint density at radius 1 is 1.29 bits per heavy atom. The minimum Gasteiger partial charge on any atom is -0.495 e. The molecular formula is C17H19ClN2O. The topological polar surface area (TPSA) is 28.3 Å². The van der Waals surface area contributed by atoms with Crippen LogP contribution in [0, 0.1) is 12.8 Å². The van der Waals surface area contributed by atoms with Crippen molar-refractivity contribution in [2.45, 2.75) is 19.8 Å². The second-order valence-corrected chi connectivity index (χ2v) is 6.46. The number of allylic oxidation sites excluding steroid dienone is 1.